The lowest BCUT2D eigenvalue weighted by molar-refractivity contribution is -0.385. The van der Waals surface area contributed by atoms with Crippen molar-refractivity contribution < 1.29 is 9.72 Å². The van der Waals surface area contributed by atoms with Crippen LogP contribution in [0.3, 0.4) is 0 Å². The van der Waals surface area contributed by atoms with E-state index in [2.05, 4.69) is 15.3 Å². The molecular formula is C11H9N5O3. The summed E-state index contributed by atoms with van der Waals surface area (Å²) in [6.07, 6.45) is 2.88. The summed E-state index contributed by atoms with van der Waals surface area (Å²) >= 11 is 0. The van der Waals surface area contributed by atoms with Crippen molar-refractivity contribution in [2.45, 2.75) is 0 Å². The van der Waals surface area contributed by atoms with Gasteiger partial charge in [0.2, 0.25) is 5.95 Å². The van der Waals surface area contributed by atoms with Crippen LogP contribution >= 0.6 is 0 Å². The maximum Gasteiger partial charge on any atom is 0.282 e. The van der Waals surface area contributed by atoms with Crippen LogP contribution in [0.25, 0.3) is 0 Å². The summed E-state index contributed by atoms with van der Waals surface area (Å²) in [6, 6.07) is 5.35. The van der Waals surface area contributed by atoms with Crippen molar-refractivity contribution in [3.63, 3.8) is 0 Å². The summed E-state index contributed by atoms with van der Waals surface area (Å²) in [4.78, 5) is 29.7. The van der Waals surface area contributed by atoms with Gasteiger partial charge in [-0.25, -0.2) is 9.97 Å². The number of carbonyl (C=O) groups is 1. The van der Waals surface area contributed by atoms with Crippen molar-refractivity contribution in [2.24, 2.45) is 0 Å². The maximum absolute atomic E-state index is 11.9. The Morgan fingerprint density at radius 2 is 2.00 bits per heavy atom. The normalized spacial score (nSPS) is 9.89. The van der Waals surface area contributed by atoms with E-state index in [4.69, 9.17) is 5.73 Å². The molecule has 2 rings (SSSR count). The molecular weight excluding hydrogens is 250 g/mol. The predicted molar refractivity (Wildman–Crippen MR) is 67.5 cm³/mol. The number of nitrogen functional groups attached to an aromatic ring is 1. The standard InChI is InChI=1S/C11H9N5O3/c12-7-2-3-9(16(18)19)8(6-7)10(17)15-11-13-4-1-5-14-11/h1-6H,12H2,(H,13,14,15,17). The number of amides is 1. The van der Waals surface area contributed by atoms with Crippen molar-refractivity contribution in [3.05, 3.63) is 52.3 Å². The lowest BCUT2D eigenvalue weighted by Crippen LogP contribution is -2.16. The maximum atomic E-state index is 11.9. The number of aromatic nitrogens is 2. The zero-order valence-corrected chi connectivity index (χ0v) is 9.61. The molecule has 0 bridgehead atoms. The lowest BCUT2D eigenvalue weighted by Gasteiger charge is -2.04. The summed E-state index contributed by atoms with van der Waals surface area (Å²) in [7, 11) is 0. The molecule has 0 spiro atoms. The van der Waals surface area contributed by atoms with Gasteiger partial charge in [-0.3, -0.25) is 20.2 Å². The second-order valence-electron chi connectivity index (χ2n) is 3.56. The molecule has 8 heteroatoms. The van der Waals surface area contributed by atoms with E-state index in [1.807, 2.05) is 0 Å². The molecule has 0 radical (unpaired) electrons. The molecule has 0 unspecified atom stereocenters. The smallest absolute Gasteiger partial charge is 0.282 e. The first kappa shape index (κ1) is 12.4. The van der Waals surface area contributed by atoms with Crippen molar-refractivity contribution >= 4 is 23.2 Å². The Kier molecular flexibility index (Phi) is 3.33. The van der Waals surface area contributed by atoms with Crippen LogP contribution in [0.1, 0.15) is 10.4 Å². The third kappa shape index (κ3) is 2.80. The number of benzene rings is 1. The number of nitro benzene ring substituents is 1. The molecule has 0 saturated carbocycles. The summed E-state index contributed by atoms with van der Waals surface area (Å²) in [5.74, 6) is -0.630. The minimum absolute atomic E-state index is 0.0595. The highest BCUT2D eigenvalue weighted by Crippen LogP contribution is 2.21. The SMILES string of the molecule is Nc1ccc([N+](=O)[O-])c(C(=O)Nc2ncccn2)c1. The molecule has 0 saturated heterocycles. The van der Waals surface area contributed by atoms with Gasteiger partial charge in [-0.15, -0.1) is 0 Å². The predicted octanol–water partition coefficient (Wildman–Crippen LogP) is 1.22. The van der Waals surface area contributed by atoms with Crippen LogP contribution in [0, 0.1) is 10.1 Å². The van der Waals surface area contributed by atoms with E-state index in [-0.39, 0.29) is 22.9 Å². The number of nitro groups is 1. The minimum Gasteiger partial charge on any atom is -0.399 e. The highest BCUT2D eigenvalue weighted by molar-refractivity contribution is 6.06. The number of rotatable bonds is 3. The molecule has 1 heterocycles. The van der Waals surface area contributed by atoms with Crippen LogP contribution < -0.4 is 11.1 Å². The second kappa shape index (κ2) is 5.08. The summed E-state index contributed by atoms with van der Waals surface area (Å²) < 4.78 is 0. The van der Waals surface area contributed by atoms with Crippen LogP contribution in [0.4, 0.5) is 17.3 Å². The Bertz CT molecular complexity index is 629. The number of hydrogen-bond acceptors (Lipinski definition) is 6. The van der Waals surface area contributed by atoms with Gasteiger partial charge >= 0.3 is 0 Å². The molecule has 2 aromatic rings. The van der Waals surface area contributed by atoms with Gasteiger partial charge in [0.1, 0.15) is 5.56 Å². The topological polar surface area (TPSA) is 124 Å². The summed E-state index contributed by atoms with van der Waals surface area (Å²) in [6.45, 7) is 0. The molecule has 1 aromatic carbocycles. The first-order valence-corrected chi connectivity index (χ1v) is 5.20. The monoisotopic (exact) mass is 259 g/mol. The van der Waals surface area contributed by atoms with Crippen LogP contribution in [-0.2, 0) is 0 Å². The number of nitrogens with one attached hydrogen (secondary N) is 1. The van der Waals surface area contributed by atoms with Gasteiger partial charge in [0.05, 0.1) is 4.92 Å². The number of nitrogens with two attached hydrogens (primary N) is 1. The quantitative estimate of drug-likeness (QED) is 0.485. The largest absolute Gasteiger partial charge is 0.399 e. The van der Waals surface area contributed by atoms with E-state index in [9.17, 15) is 14.9 Å². The number of anilines is 2. The fourth-order valence-electron chi connectivity index (χ4n) is 1.43. The van der Waals surface area contributed by atoms with Crippen molar-refractivity contribution in [1.29, 1.82) is 0 Å². The average molecular weight is 259 g/mol. The lowest BCUT2D eigenvalue weighted by atomic mass is 10.1. The minimum atomic E-state index is -0.690. The van der Waals surface area contributed by atoms with Gasteiger partial charge in [-0.1, -0.05) is 0 Å². The van der Waals surface area contributed by atoms with Crippen molar-refractivity contribution in [2.75, 3.05) is 11.1 Å². The van der Waals surface area contributed by atoms with Crippen molar-refractivity contribution in [1.82, 2.24) is 9.97 Å². The van der Waals surface area contributed by atoms with E-state index in [1.165, 1.54) is 30.6 Å². The van der Waals surface area contributed by atoms with Gasteiger partial charge < -0.3 is 5.73 Å². The van der Waals surface area contributed by atoms with Gasteiger partial charge in [-0.05, 0) is 18.2 Å². The van der Waals surface area contributed by atoms with Gasteiger partial charge in [0.15, 0.2) is 0 Å². The number of carbonyl (C=O) groups excluding carboxylic acids is 1. The van der Waals surface area contributed by atoms with Gasteiger partial charge in [0, 0.05) is 24.1 Å². The van der Waals surface area contributed by atoms with Crippen LogP contribution in [0.2, 0.25) is 0 Å². The average Bonchev–Trinajstić information content (AvgIpc) is 2.39. The molecule has 1 aromatic heterocycles. The van der Waals surface area contributed by atoms with Crippen LogP contribution in [0.5, 0.6) is 0 Å². The second-order valence-corrected chi connectivity index (χ2v) is 3.56. The van der Waals surface area contributed by atoms with E-state index in [1.54, 1.807) is 6.07 Å². The zero-order chi connectivity index (χ0) is 13.8. The van der Waals surface area contributed by atoms with E-state index < -0.39 is 10.8 Å². The molecule has 0 aliphatic heterocycles. The number of hydrogen-bond donors (Lipinski definition) is 2. The molecule has 3 N–H and O–H groups in total. The van der Waals surface area contributed by atoms with Crippen molar-refractivity contribution in [3.8, 4) is 0 Å². The Morgan fingerprint density at radius 1 is 1.32 bits per heavy atom. The third-order valence-corrected chi connectivity index (χ3v) is 2.25. The third-order valence-electron chi connectivity index (χ3n) is 2.25. The molecule has 8 nitrogen and oxygen atoms in total. The first-order chi connectivity index (χ1) is 9.08. The Hall–Kier alpha value is -3.03. The summed E-state index contributed by atoms with van der Waals surface area (Å²) in [5, 5.41) is 13.2. The molecule has 96 valence electrons. The van der Waals surface area contributed by atoms with E-state index >= 15 is 0 Å². The van der Waals surface area contributed by atoms with E-state index in [0.717, 1.165) is 0 Å². The molecule has 19 heavy (non-hydrogen) atoms. The molecule has 0 aliphatic carbocycles. The molecule has 1 amide bonds. The fraction of sp³-hybridized carbons (Fsp3) is 0. The van der Waals surface area contributed by atoms with E-state index in [0.29, 0.717) is 0 Å². The summed E-state index contributed by atoms with van der Waals surface area (Å²) in [5.41, 5.74) is 5.31. The molecule has 0 fully saturated rings. The Balaban J connectivity index is 2.33. The first-order valence-electron chi connectivity index (χ1n) is 5.20. The zero-order valence-electron chi connectivity index (χ0n) is 9.61. The van der Waals surface area contributed by atoms with Crippen LogP contribution in [0.15, 0.2) is 36.7 Å². The van der Waals surface area contributed by atoms with Crippen LogP contribution in [-0.4, -0.2) is 20.8 Å². The fourth-order valence-corrected chi connectivity index (χ4v) is 1.43. The van der Waals surface area contributed by atoms with Gasteiger partial charge in [0.25, 0.3) is 11.6 Å². The molecule has 0 atom stereocenters. The Morgan fingerprint density at radius 3 is 2.63 bits per heavy atom. The van der Waals surface area contributed by atoms with Gasteiger partial charge in [-0.2, -0.15) is 0 Å². The molecule has 0 aliphatic rings. The Labute approximate surface area is 107 Å². The highest BCUT2D eigenvalue weighted by Gasteiger charge is 2.20. The highest BCUT2D eigenvalue weighted by atomic mass is 16.6. The number of nitrogens with zero attached hydrogens (tertiary/aromatic N) is 3.